The molecule has 0 aromatic heterocycles. The summed E-state index contributed by atoms with van der Waals surface area (Å²) in [5.74, 6) is 0.736. The number of ether oxygens (including phenoxy) is 1. The van der Waals surface area contributed by atoms with Crippen LogP contribution in [0.15, 0.2) is 18.2 Å². The van der Waals surface area contributed by atoms with Crippen LogP contribution < -0.4 is 10.5 Å². The second-order valence-electron chi connectivity index (χ2n) is 3.79. The van der Waals surface area contributed by atoms with Crippen molar-refractivity contribution in [3.8, 4) is 5.75 Å². The zero-order valence-corrected chi connectivity index (χ0v) is 11.2. The van der Waals surface area contributed by atoms with Crippen LogP contribution in [0.5, 0.6) is 5.75 Å². The van der Waals surface area contributed by atoms with Crippen molar-refractivity contribution in [2.45, 2.75) is 13.0 Å². The Kier molecular flexibility index (Phi) is 5.24. The molecule has 0 saturated carbocycles. The molecule has 2 N–H and O–H groups in total. The Balaban J connectivity index is 2.54. The number of nitrogens with two attached hydrogens (primary N) is 1. The van der Waals surface area contributed by atoms with Crippen LogP contribution >= 0.6 is 11.6 Å². The number of sulfone groups is 1. The van der Waals surface area contributed by atoms with Crippen molar-refractivity contribution in [3.05, 3.63) is 28.8 Å². The predicted octanol–water partition coefficient (Wildman–Crippen LogP) is 1.61. The largest absolute Gasteiger partial charge is 0.493 e. The average molecular weight is 278 g/mol. The van der Waals surface area contributed by atoms with E-state index in [1.54, 1.807) is 18.2 Å². The zero-order chi connectivity index (χ0) is 12.9. The van der Waals surface area contributed by atoms with Gasteiger partial charge in [0.25, 0.3) is 0 Å². The van der Waals surface area contributed by atoms with Crippen LogP contribution in [0.3, 0.4) is 0 Å². The molecule has 0 fully saturated rings. The van der Waals surface area contributed by atoms with Gasteiger partial charge in [-0.15, -0.1) is 0 Å². The van der Waals surface area contributed by atoms with Gasteiger partial charge in [0.05, 0.1) is 12.4 Å². The minimum atomic E-state index is -2.93. The second kappa shape index (κ2) is 6.23. The van der Waals surface area contributed by atoms with Gasteiger partial charge in [-0.25, -0.2) is 8.42 Å². The quantitative estimate of drug-likeness (QED) is 0.802. The maximum absolute atomic E-state index is 10.9. The molecule has 0 amide bonds. The van der Waals surface area contributed by atoms with E-state index in [1.807, 2.05) is 0 Å². The van der Waals surface area contributed by atoms with E-state index in [4.69, 9.17) is 22.1 Å². The van der Waals surface area contributed by atoms with Crippen molar-refractivity contribution in [1.29, 1.82) is 0 Å². The molecule has 17 heavy (non-hydrogen) atoms. The van der Waals surface area contributed by atoms with Crippen LogP contribution in [-0.2, 0) is 16.4 Å². The fraction of sp³-hybridized carbons (Fsp3) is 0.455. The molecule has 0 aliphatic rings. The molecule has 0 bridgehead atoms. The summed E-state index contributed by atoms with van der Waals surface area (Å²) in [5.41, 5.74) is 6.41. The van der Waals surface area contributed by atoms with Crippen molar-refractivity contribution in [2.24, 2.45) is 5.73 Å². The number of hydrogen-bond donors (Lipinski definition) is 1. The summed E-state index contributed by atoms with van der Waals surface area (Å²) in [5, 5.41) is 0.570. The van der Waals surface area contributed by atoms with E-state index in [9.17, 15) is 8.42 Å². The van der Waals surface area contributed by atoms with Gasteiger partial charge >= 0.3 is 0 Å². The highest BCUT2D eigenvalue weighted by Gasteiger charge is 2.05. The molecule has 0 aliphatic carbocycles. The third-order valence-corrected chi connectivity index (χ3v) is 3.43. The van der Waals surface area contributed by atoms with Gasteiger partial charge in [-0.1, -0.05) is 17.7 Å². The van der Waals surface area contributed by atoms with Crippen LogP contribution in [0.4, 0.5) is 0 Å². The summed E-state index contributed by atoms with van der Waals surface area (Å²) in [6.45, 7) is 0.693. The normalized spacial score (nSPS) is 11.5. The fourth-order valence-electron chi connectivity index (χ4n) is 1.33. The molecule has 0 radical (unpaired) electrons. The summed E-state index contributed by atoms with van der Waals surface area (Å²) in [7, 11) is -2.93. The maximum Gasteiger partial charge on any atom is 0.147 e. The van der Waals surface area contributed by atoms with Gasteiger partial charge in [-0.2, -0.15) is 0 Å². The number of benzene rings is 1. The van der Waals surface area contributed by atoms with E-state index in [0.717, 1.165) is 5.56 Å². The van der Waals surface area contributed by atoms with Crippen LogP contribution in [0.2, 0.25) is 5.02 Å². The molecule has 0 aliphatic heterocycles. The Bertz CT molecular complexity index is 474. The molecule has 0 unspecified atom stereocenters. The van der Waals surface area contributed by atoms with E-state index >= 15 is 0 Å². The fourth-order valence-corrected chi connectivity index (χ4v) is 2.14. The summed E-state index contributed by atoms with van der Waals surface area (Å²) in [4.78, 5) is 0. The van der Waals surface area contributed by atoms with Crippen molar-refractivity contribution in [3.63, 3.8) is 0 Å². The van der Waals surface area contributed by atoms with Crippen molar-refractivity contribution in [1.82, 2.24) is 0 Å². The Hall–Kier alpha value is -0.780. The van der Waals surface area contributed by atoms with E-state index < -0.39 is 9.84 Å². The lowest BCUT2D eigenvalue weighted by Crippen LogP contribution is -2.09. The Labute approximate surface area is 107 Å². The monoisotopic (exact) mass is 277 g/mol. The van der Waals surface area contributed by atoms with E-state index in [0.29, 0.717) is 30.3 Å². The topological polar surface area (TPSA) is 69.4 Å². The average Bonchev–Trinajstić information content (AvgIpc) is 2.23. The Morgan fingerprint density at radius 1 is 1.41 bits per heavy atom. The summed E-state index contributed by atoms with van der Waals surface area (Å²) in [6, 6.07) is 5.23. The molecule has 1 aromatic carbocycles. The van der Waals surface area contributed by atoms with Crippen LogP contribution in [0, 0.1) is 0 Å². The summed E-state index contributed by atoms with van der Waals surface area (Å²) < 4.78 is 27.3. The smallest absolute Gasteiger partial charge is 0.147 e. The minimum Gasteiger partial charge on any atom is -0.493 e. The molecule has 0 heterocycles. The van der Waals surface area contributed by atoms with E-state index in [1.165, 1.54) is 6.26 Å². The highest BCUT2D eigenvalue weighted by molar-refractivity contribution is 7.90. The van der Waals surface area contributed by atoms with Gasteiger partial charge in [-0.3, -0.25) is 0 Å². The van der Waals surface area contributed by atoms with Crippen LogP contribution in [-0.4, -0.2) is 27.0 Å². The zero-order valence-electron chi connectivity index (χ0n) is 9.65. The van der Waals surface area contributed by atoms with Gasteiger partial charge in [-0.05, 0) is 18.6 Å². The van der Waals surface area contributed by atoms with Crippen molar-refractivity contribution >= 4 is 21.4 Å². The second-order valence-corrected chi connectivity index (χ2v) is 6.48. The van der Waals surface area contributed by atoms with Crippen molar-refractivity contribution < 1.29 is 13.2 Å². The van der Waals surface area contributed by atoms with Crippen LogP contribution in [0.25, 0.3) is 0 Å². The van der Waals surface area contributed by atoms with Crippen molar-refractivity contribution in [2.75, 3.05) is 18.6 Å². The Morgan fingerprint density at radius 2 is 2.12 bits per heavy atom. The molecule has 1 rings (SSSR count). The molecular weight excluding hydrogens is 262 g/mol. The summed E-state index contributed by atoms with van der Waals surface area (Å²) in [6.07, 6.45) is 1.66. The Morgan fingerprint density at radius 3 is 2.71 bits per heavy atom. The lowest BCUT2D eigenvalue weighted by atomic mass is 10.2. The minimum absolute atomic E-state index is 0.117. The third-order valence-electron chi connectivity index (χ3n) is 2.17. The number of hydrogen-bond acceptors (Lipinski definition) is 4. The number of rotatable bonds is 6. The molecule has 0 spiro atoms. The molecule has 6 heteroatoms. The molecular formula is C11H16ClNO3S. The van der Waals surface area contributed by atoms with Gasteiger partial charge in [0.1, 0.15) is 15.6 Å². The first-order valence-corrected chi connectivity index (χ1v) is 7.65. The van der Waals surface area contributed by atoms with Gasteiger partial charge < -0.3 is 10.5 Å². The SMILES string of the molecule is CS(=O)(=O)CCCOc1cc(Cl)ccc1CN. The summed E-state index contributed by atoms with van der Waals surface area (Å²) >= 11 is 5.84. The highest BCUT2D eigenvalue weighted by Crippen LogP contribution is 2.23. The first-order valence-electron chi connectivity index (χ1n) is 5.21. The highest BCUT2D eigenvalue weighted by atomic mass is 35.5. The molecule has 4 nitrogen and oxygen atoms in total. The standard InChI is InChI=1S/C11H16ClNO3S/c1-17(14,15)6-2-5-16-11-7-10(12)4-3-9(11)8-13/h3-4,7H,2,5-6,8,13H2,1H3. The molecule has 0 atom stereocenters. The first kappa shape index (κ1) is 14.3. The third kappa shape index (κ3) is 5.39. The lowest BCUT2D eigenvalue weighted by molar-refractivity contribution is 0.314. The maximum atomic E-state index is 10.9. The molecule has 0 saturated heterocycles. The van der Waals surface area contributed by atoms with Gasteiger partial charge in [0, 0.05) is 23.4 Å². The molecule has 96 valence electrons. The predicted molar refractivity (Wildman–Crippen MR) is 69.2 cm³/mol. The van der Waals surface area contributed by atoms with E-state index in [2.05, 4.69) is 0 Å². The molecule has 1 aromatic rings. The van der Waals surface area contributed by atoms with Gasteiger partial charge in [0.2, 0.25) is 0 Å². The number of halogens is 1. The van der Waals surface area contributed by atoms with Gasteiger partial charge in [0.15, 0.2) is 0 Å². The lowest BCUT2D eigenvalue weighted by Gasteiger charge is -2.10. The van der Waals surface area contributed by atoms with E-state index in [-0.39, 0.29) is 5.75 Å². The first-order chi connectivity index (χ1) is 7.92. The van der Waals surface area contributed by atoms with Crippen LogP contribution in [0.1, 0.15) is 12.0 Å².